The third kappa shape index (κ3) is 3.05. The topological polar surface area (TPSA) is 29.0 Å². The van der Waals surface area contributed by atoms with Crippen LogP contribution in [0.5, 0.6) is 0 Å². The quantitative estimate of drug-likeness (QED) is 0.785. The minimum Gasteiger partial charge on any atom is -0.356 e. The van der Waals surface area contributed by atoms with Crippen molar-refractivity contribution in [1.29, 1.82) is 0 Å². The number of thiophene rings is 1. The van der Waals surface area contributed by atoms with Gasteiger partial charge in [-0.3, -0.25) is 0 Å². The van der Waals surface area contributed by atoms with Gasteiger partial charge in [-0.25, -0.2) is 9.97 Å². The molecular weight excluding hydrogens is 314 g/mol. The second-order valence-corrected chi connectivity index (χ2v) is 9.22. The van der Waals surface area contributed by atoms with Crippen LogP contribution in [0.25, 0.3) is 10.2 Å². The van der Waals surface area contributed by atoms with Gasteiger partial charge in [-0.2, -0.15) is 0 Å². The predicted octanol–water partition coefficient (Wildman–Crippen LogP) is 5.00. The number of hydrogen-bond acceptors (Lipinski definition) is 4. The van der Waals surface area contributed by atoms with Gasteiger partial charge in [-0.05, 0) is 55.9 Å². The van der Waals surface area contributed by atoms with Gasteiger partial charge in [0.2, 0.25) is 0 Å². The van der Waals surface area contributed by atoms with Crippen LogP contribution >= 0.6 is 11.3 Å². The summed E-state index contributed by atoms with van der Waals surface area (Å²) < 4.78 is 0. The zero-order chi connectivity index (χ0) is 16.7. The fourth-order valence-electron chi connectivity index (χ4n) is 4.16. The maximum Gasteiger partial charge on any atom is 0.141 e. The Kier molecular flexibility index (Phi) is 4.50. The van der Waals surface area contributed by atoms with Crippen molar-refractivity contribution in [3.63, 3.8) is 0 Å². The second-order valence-electron chi connectivity index (χ2n) is 8.14. The van der Waals surface area contributed by atoms with Crippen LogP contribution in [-0.4, -0.2) is 23.1 Å². The minimum atomic E-state index is 0.603. The molecule has 3 heterocycles. The van der Waals surface area contributed by atoms with Gasteiger partial charge in [-0.1, -0.05) is 20.8 Å². The van der Waals surface area contributed by atoms with Crippen molar-refractivity contribution in [2.24, 2.45) is 11.8 Å². The molecule has 2 aromatic heterocycles. The lowest BCUT2D eigenvalue weighted by Gasteiger charge is -2.29. The molecule has 0 unspecified atom stereocenters. The Morgan fingerprint density at radius 3 is 2.71 bits per heavy atom. The van der Waals surface area contributed by atoms with Crippen molar-refractivity contribution < 1.29 is 0 Å². The Bertz CT molecular complexity index is 728. The number of hydrogen-bond donors (Lipinski definition) is 0. The molecule has 4 heteroatoms. The highest BCUT2D eigenvalue weighted by Crippen LogP contribution is 2.41. The van der Waals surface area contributed by atoms with Crippen LogP contribution in [0.15, 0.2) is 0 Å². The average Bonchev–Trinajstić information content (AvgIpc) is 2.91. The molecule has 0 radical (unpaired) electrons. The molecule has 1 fully saturated rings. The zero-order valence-electron chi connectivity index (χ0n) is 15.3. The number of rotatable bonds is 3. The van der Waals surface area contributed by atoms with Crippen molar-refractivity contribution in [1.82, 2.24) is 9.97 Å². The molecule has 0 N–H and O–H groups in total. The number of anilines is 1. The van der Waals surface area contributed by atoms with Crippen LogP contribution in [0, 0.1) is 11.8 Å². The Hall–Kier alpha value is -1.16. The summed E-state index contributed by atoms with van der Waals surface area (Å²) in [6.45, 7) is 9.22. The lowest BCUT2D eigenvalue weighted by Crippen LogP contribution is -2.31. The van der Waals surface area contributed by atoms with E-state index >= 15 is 0 Å². The van der Waals surface area contributed by atoms with Gasteiger partial charge < -0.3 is 4.90 Å². The van der Waals surface area contributed by atoms with Crippen molar-refractivity contribution in [3.8, 4) is 0 Å². The number of fused-ring (bicyclic) bond motifs is 3. The van der Waals surface area contributed by atoms with Crippen molar-refractivity contribution in [2.75, 3.05) is 18.0 Å². The van der Waals surface area contributed by atoms with Gasteiger partial charge in [0.1, 0.15) is 16.5 Å². The Morgan fingerprint density at radius 2 is 1.96 bits per heavy atom. The molecule has 2 aromatic rings. The van der Waals surface area contributed by atoms with Gasteiger partial charge in [0.15, 0.2) is 0 Å². The van der Waals surface area contributed by atoms with Crippen molar-refractivity contribution in [3.05, 3.63) is 16.3 Å². The van der Waals surface area contributed by atoms with Gasteiger partial charge in [0.25, 0.3) is 0 Å². The van der Waals surface area contributed by atoms with Gasteiger partial charge in [0, 0.05) is 24.4 Å². The summed E-state index contributed by atoms with van der Waals surface area (Å²) in [6.07, 6.45) is 8.70. The first-order valence-corrected chi connectivity index (χ1v) is 10.5. The molecule has 0 amide bonds. The monoisotopic (exact) mass is 343 g/mol. The SMILES string of the molecule is CC(C)Cc1nc(N2CCCCC2)c2c3c(sc2n1)C[C@H](C)CC3. The van der Waals surface area contributed by atoms with Crippen LogP contribution in [0.3, 0.4) is 0 Å². The maximum absolute atomic E-state index is 5.09. The molecule has 1 aliphatic heterocycles. The van der Waals surface area contributed by atoms with Crippen molar-refractivity contribution in [2.45, 2.75) is 65.7 Å². The molecule has 1 aliphatic carbocycles. The molecule has 24 heavy (non-hydrogen) atoms. The minimum absolute atomic E-state index is 0.603. The van der Waals surface area contributed by atoms with E-state index in [0.717, 1.165) is 31.3 Å². The Balaban J connectivity index is 1.85. The summed E-state index contributed by atoms with van der Waals surface area (Å²) in [5, 5.41) is 1.40. The maximum atomic E-state index is 5.09. The summed E-state index contributed by atoms with van der Waals surface area (Å²) in [5.74, 6) is 3.71. The molecule has 3 nitrogen and oxygen atoms in total. The van der Waals surface area contributed by atoms with E-state index in [9.17, 15) is 0 Å². The molecular formula is C20H29N3S. The Morgan fingerprint density at radius 1 is 1.17 bits per heavy atom. The molecule has 0 aromatic carbocycles. The van der Waals surface area contributed by atoms with Crippen LogP contribution in [0.1, 0.15) is 62.7 Å². The van der Waals surface area contributed by atoms with Gasteiger partial charge in [0.05, 0.1) is 5.39 Å². The third-order valence-corrected chi connectivity index (χ3v) is 6.58. The highest BCUT2D eigenvalue weighted by Gasteiger charge is 2.26. The number of aryl methyl sites for hydroxylation is 1. The van der Waals surface area contributed by atoms with Crippen LogP contribution in [0.2, 0.25) is 0 Å². The van der Waals surface area contributed by atoms with E-state index in [2.05, 4.69) is 25.7 Å². The zero-order valence-corrected chi connectivity index (χ0v) is 16.1. The highest BCUT2D eigenvalue weighted by atomic mass is 32.1. The summed E-state index contributed by atoms with van der Waals surface area (Å²) in [4.78, 5) is 15.4. The highest BCUT2D eigenvalue weighted by molar-refractivity contribution is 7.19. The smallest absolute Gasteiger partial charge is 0.141 e. The fraction of sp³-hybridized carbons (Fsp3) is 0.700. The van der Waals surface area contributed by atoms with E-state index in [1.54, 1.807) is 10.4 Å². The molecule has 130 valence electrons. The molecule has 0 spiro atoms. The standard InChI is InChI=1S/C20H29N3S/c1-13(2)11-17-21-19(23-9-5-4-6-10-23)18-15-8-7-14(3)12-16(15)24-20(18)22-17/h13-14H,4-12H2,1-3H3/t14-/m1/s1. The summed E-state index contributed by atoms with van der Waals surface area (Å²) >= 11 is 1.95. The second kappa shape index (κ2) is 6.62. The van der Waals surface area contributed by atoms with E-state index in [4.69, 9.17) is 9.97 Å². The first kappa shape index (κ1) is 16.3. The van der Waals surface area contributed by atoms with E-state index in [-0.39, 0.29) is 0 Å². The summed E-state index contributed by atoms with van der Waals surface area (Å²) in [7, 11) is 0. The molecule has 1 atom stereocenters. The van der Waals surface area contributed by atoms with Gasteiger partial charge in [-0.15, -0.1) is 11.3 Å². The average molecular weight is 344 g/mol. The number of aromatic nitrogens is 2. The van der Waals surface area contributed by atoms with Crippen molar-refractivity contribution >= 4 is 27.4 Å². The van der Waals surface area contributed by atoms with Crippen LogP contribution < -0.4 is 4.90 Å². The molecule has 0 saturated carbocycles. The van der Waals surface area contributed by atoms with E-state index < -0.39 is 0 Å². The molecule has 1 saturated heterocycles. The normalized spacial score (nSPS) is 21.5. The van der Waals surface area contributed by atoms with E-state index in [1.807, 2.05) is 11.3 Å². The molecule has 2 aliphatic rings. The van der Waals surface area contributed by atoms with E-state index in [1.165, 1.54) is 54.6 Å². The Labute approximate surface area is 149 Å². The van der Waals surface area contributed by atoms with Gasteiger partial charge >= 0.3 is 0 Å². The fourth-order valence-corrected chi connectivity index (χ4v) is 5.55. The number of piperidine rings is 1. The third-order valence-electron chi connectivity index (χ3n) is 5.43. The summed E-state index contributed by atoms with van der Waals surface area (Å²) in [6, 6.07) is 0. The lowest BCUT2D eigenvalue weighted by atomic mass is 9.89. The van der Waals surface area contributed by atoms with E-state index in [0.29, 0.717) is 5.92 Å². The largest absolute Gasteiger partial charge is 0.356 e. The predicted molar refractivity (Wildman–Crippen MR) is 103 cm³/mol. The molecule has 0 bridgehead atoms. The number of nitrogens with zero attached hydrogens (tertiary/aromatic N) is 3. The first-order valence-electron chi connectivity index (χ1n) is 9.68. The van der Waals surface area contributed by atoms with Crippen LogP contribution in [-0.2, 0) is 19.3 Å². The first-order chi connectivity index (χ1) is 11.6. The lowest BCUT2D eigenvalue weighted by molar-refractivity contribution is 0.509. The molecule has 4 rings (SSSR count). The summed E-state index contributed by atoms with van der Waals surface area (Å²) in [5.41, 5.74) is 1.57. The van der Waals surface area contributed by atoms with Crippen LogP contribution in [0.4, 0.5) is 5.82 Å².